The molecule has 48 heavy (non-hydrogen) atoms. The number of nitrogens with zero attached hydrogens (tertiary/aromatic N) is 3. The third kappa shape index (κ3) is 3.64. The molecule has 0 radical (unpaired) electrons. The summed E-state index contributed by atoms with van der Waals surface area (Å²) in [6, 6.07) is 38.8. The van der Waals surface area contributed by atoms with E-state index in [2.05, 4.69) is 137 Å². The molecule has 228 valence electrons. The van der Waals surface area contributed by atoms with Crippen molar-refractivity contribution in [1.82, 2.24) is 9.13 Å². The second-order valence-corrected chi connectivity index (χ2v) is 13.1. The number of nitriles is 1. The molecule has 0 spiro atoms. The van der Waals surface area contributed by atoms with Crippen LogP contribution in [-0.2, 0) is 0 Å². The van der Waals surface area contributed by atoms with E-state index >= 15 is 0 Å². The average Bonchev–Trinajstić information content (AvgIpc) is 3.79. The average molecular weight is 618 g/mol. The van der Waals surface area contributed by atoms with Crippen molar-refractivity contribution in [2.75, 3.05) is 0 Å². The fraction of sp³-hybridized carbons (Fsp3) is 0.114. The van der Waals surface area contributed by atoms with Gasteiger partial charge in [-0.15, -0.1) is 0 Å². The molecule has 3 aromatic heterocycles. The topological polar surface area (TPSA) is 46.8 Å². The highest BCUT2D eigenvalue weighted by molar-refractivity contribution is 6.16. The Balaban J connectivity index is 1.29. The number of allylic oxidation sites excluding steroid dienone is 5. The lowest BCUT2D eigenvalue weighted by atomic mass is 9.86. The number of fused-ring (bicyclic) bond motifs is 10. The number of hydrogen-bond acceptors (Lipinski definition) is 2. The first-order chi connectivity index (χ1) is 23.7. The molecule has 2 unspecified atom stereocenters. The van der Waals surface area contributed by atoms with Gasteiger partial charge in [-0.1, -0.05) is 97.9 Å². The summed E-state index contributed by atoms with van der Waals surface area (Å²) < 4.78 is 11.5. The molecule has 0 N–H and O–H groups in total. The number of hydrogen-bond donors (Lipinski definition) is 0. The summed E-state index contributed by atoms with van der Waals surface area (Å²) in [5.74, 6) is 0.368. The van der Waals surface area contributed by atoms with E-state index < -0.39 is 0 Å². The third-order valence-electron chi connectivity index (χ3n) is 10.6. The van der Waals surface area contributed by atoms with Crippen LogP contribution in [0.3, 0.4) is 0 Å². The van der Waals surface area contributed by atoms with Crippen LogP contribution < -0.4 is 0 Å². The monoisotopic (exact) mass is 617 g/mol. The van der Waals surface area contributed by atoms with Crippen LogP contribution in [0.4, 0.5) is 0 Å². The summed E-state index contributed by atoms with van der Waals surface area (Å²) in [6.07, 6.45) is 13.2. The van der Waals surface area contributed by atoms with Crippen LogP contribution in [0.15, 0.2) is 132 Å². The lowest BCUT2D eigenvalue weighted by molar-refractivity contribution is 0.670. The molecule has 10 rings (SSSR count). The molecule has 0 bridgehead atoms. The molecule has 5 aromatic carbocycles. The van der Waals surface area contributed by atoms with Gasteiger partial charge in [0.1, 0.15) is 11.7 Å². The molecular weight excluding hydrogens is 587 g/mol. The zero-order valence-electron chi connectivity index (χ0n) is 26.5. The fourth-order valence-electron chi connectivity index (χ4n) is 8.53. The van der Waals surface area contributed by atoms with Crippen molar-refractivity contribution in [3.05, 3.63) is 150 Å². The van der Waals surface area contributed by atoms with Gasteiger partial charge in [-0.2, -0.15) is 5.26 Å². The van der Waals surface area contributed by atoms with Gasteiger partial charge in [0.05, 0.1) is 27.8 Å². The van der Waals surface area contributed by atoms with Gasteiger partial charge in [-0.05, 0) is 72.4 Å². The molecule has 0 saturated carbocycles. The van der Waals surface area contributed by atoms with E-state index in [0.29, 0.717) is 11.5 Å². The fourth-order valence-corrected chi connectivity index (χ4v) is 8.53. The van der Waals surface area contributed by atoms with Crippen molar-refractivity contribution in [2.24, 2.45) is 0 Å². The minimum Gasteiger partial charge on any atom is -0.454 e. The molecule has 0 saturated heterocycles. The lowest BCUT2D eigenvalue weighted by Crippen LogP contribution is -2.15. The lowest BCUT2D eigenvalue weighted by Gasteiger charge is -2.28. The predicted octanol–water partition coefficient (Wildman–Crippen LogP) is 11.6. The summed E-state index contributed by atoms with van der Waals surface area (Å²) in [5, 5.41) is 16.5. The van der Waals surface area contributed by atoms with Crippen LogP contribution in [-0.4, -0.2) is 9.13 Å². The van der Waals surface area contributed by atoms with Crippen LogP contribution in [0.25, 0.3) is 72.1 Å². The van der Waals surface area contributed by atoms with Crippen molar-refractivity contribution in [1.29, 1.82) is 5.26 Å². The second-order valence-electron chi connectivity index (χ2n) is 13.1. The molecule has 0 fully saturated rings. The number of aromatic nitrogens is 2. The minimum absolute atomic E-state index is 0.0109. The van der Waals surface area contributed by atoms with Gasteiger partial charge in [0.15, 0.2) is 5.58 Å². The summed E-state index contributed by atoms with van der Waals surface area (Å²) in [5.41, 5.74) is 11.7. The molecule has 2 atom stereocenters. The van der Waals surface area contributed by atoms with Crippen molar-refractivity contribution in [2.45, 2.75) is 31.6 Å². The van der Waals surface area contributed by atoms with Crippen LogP contribution in [0.2, 0.25) is 0 Å². The number of furan rings is 1. The molecule has 2 aliphatic carbocycles. The maximum atomic E-state index is 10.6. The van der Waals surface area contributed by atoms with E-state index in [9.17, 15) is 5.26 Å². The zero-order chi connectivity index (χ0) is 31.9. The van der Waals surface area contributed by atoms with E-state index in [1.165, 1.54) is 33.1 Å². The highest BCUT2D eigenvalue weighted by Crippen LogP contribution is 2.48. The van der Waals surface area contributed by atoms with Crippen molar-refractivity contribution < 1.29 is 4.42 Å². The van der Waals surface area contributed by atoms with Gasteiger partial charge >= 0.3 is 0 Å². The van der Waals surface area contributed by atoms with Gasteiger partial charge in [-0.3, -0.25) is 0 Å². The van der Waals surface area contributed by atoms with Crippen molar-refractivity contribution in [3.8, 4) is 11.8 Å². The first-order valence-electron chi connectivity index (χ1n) is 16.8. The van der Waals surface area contributed by atoms with E-state index in [1.807, 2.05) is 18.2 Å². The van der Waals surface area contributed by atoms with Crippen LogP contribution in [0, 0.1) is 11.3 Å². The molecule has 4 heteroatoms. The molecule has 8 aromatic rings. The first kappa shape index (κ1) is 27.1. The Morgan fingerprint density at radius 3 is 2.23 bits per heavy atom. The Morgan fingerprint density at radius 1 is 0.708 bits per heavy atom. The summed E-state index contributed by atoms with van der Waals surface area (Å²) in [6.45, 7) is 2.33. The molecule has 4 nitrogen and oxygen atoms in total. The van der Waals surface area contributed by atoms with Crippen LogP contribution >= 0.6 is 0 Å². The quantitative estimate of drug-likeness (QED) is 0.198. The maximum Gasteiger partial charge on any atom is 0.160 e. The van der Waals surface area contributed by atoms with E-state index in [-0.39, 0.29) is 5.92 Å². The highest BCUT2D eigenvalue weighted by Gasteiger charge is 2.32. The SMILES string of the molecule is CC1CC=Cc2c1c1ccc3c4ccccc4oc3c1n2C1=CC=CCC1c1cccc(C#N)c1-n1c2ccccc2c2ccccc21. The van der Waals surface area contributed by atoms with Gasteiger partial charge in [0.25, 0.3) is 0 Å². The number of benzene rings is 5. The Hall–Kier alpha value is -6.05. The number of rotatable bonds is 3. The molecule has 2 aliphatic rings. The van der Waals surface area contributed by atoms with Gasteiger partial charge in [0.2, 0.25) is 0 Å². The summed E-state index contributed by atoms with van der Waals surface area (Å²) >= 11 is 0. The van der Waals surface area contributed by atoms with E-state index in [0.717, 1.165) is 62.6 Å². The predicted molar refractivity (Wildman–Crippen MR) is 198 cm³/mol. The normalized spacial score (nSPS) is 17.5. The first-order valence-corrected chi connectivity index (χ1v) is 16.8. The maximum absolute atomic E-state index is 10.6. The minimum atomic E-state index is -0.0109. The largest absolute Gasteiger partial charge is 0.454 e. The Labute approximate surface area is 277 Å². The summed E-state index contributed by atoms with van der Waals surface area (Å²) in [7, 11) is 0. The molecule has 0 aliphatic heterocycles. The van der Waals surface area contributed by atoms with Gasteiger partial charge < -0.3 is 13.6 Å². The van der Waals surface area contributed by atoms with E-state index in [1.54, 1.807) is 0 Å². The zero-order valence-corrected chi connectivity index (χ0v) is 26.5. The Bertz CT molecular complexity index is 2720. The smallest absolute Gasteiger partial charge is 0.160 e. The Morgan fingerprint density at radius 2 is 1.44 bits per heavy atom. The van der Waals surface area contributed by atoms with Gasteiger partial charge in [0, 0.05) is 44.2 Å². The van der Waals surface area contributed by atoms with Crippen molar-refractivity contribution >= 4 is 66.4 Å². The number of para-hydroxylation sites is 4. The summed E-state index contributed by atoms with van der Waals surface area (Å²) in [4.78, 5) is 0. The molecule has 0 amide bonds. The third-order valence-corrected chi connectivity index (χ3v) is 10.6. The molecular formula is C44H31N3O. The van der Waals surface area contributed by atoms with Crippen LogP contribution in [0.5, 0.6) is 0 Å². The Kier molecular flexibility index (Phi) is 5.77. The standard InChI is InChI=1S/C44H31N3O/c1-27-12-10-22-39-41(27)35-25-24-34-32-17-5-9-23-40(32)48-44(34)43(35)47(39)38-21-8-4-16-31(38)33-18-11-13-28(26-45)42(33)46-36-19-6-2-14-29(36)30-15-3-7-20-37(30)46/h2-11,13-15,17-25,27,31H,12,16H2,1H3. The second kappa shape index (κ2) is 10.2. The van der Waals surface area contributed by atoms with E-state index in [4.69, 9.17) is 4.42 Å². The van der Waals surface area contributed by atoms with Crippen molar-refractivity contribution in [3.63, 3.8) is 0 Å². The molecule has 3 heterocycles. The highest BCUT2D eigenvalue weighted by atomic mass is 16.3. The van der Waals surface area contributed by atoms with Gasteiger partial charge in [-0.25, -0.2) is 0 Å². The van der Waals surface area contributed by atoms with Crippen LogP contribution in [0.1, 0.15) is 54.0 Å².